The number of amides is 1. The average Bonchev–Trinajstić information content (AvgIpc) is 3.03. The Kier molecular flexibility index (Phi) is 4.57. The second-order valence-electron chi connectivity index (χ2n) is 5.01. The van der Waals surface area contributed by atoms with Crippen molar-refractivity contribution in [1.82, 2.24) is 14.9 Å². The molecule has 0 spiro atoms. The molecule has 0 aromatic carbocycles. The quantitative estimate of drug-likeness (QED) is 0.886. The molecule has 0 fully saturated rings. The van der Waals surface area contributed by atoms with E-state index in [0.717, 1.165) is 5.13 Å². The average molecular weight is 293 g/mol. The molecule has 2 heterocycles. The van der Waals surface area contributed by atoms with Gasteiger partial charge >= 0.3 is 0 Å². The van der Waals surface area contributed by atoms with E-state index in [1.165, 1.54) is 11.3 Å². The van der Waals surface area contributed by atoms with Crippen LogP contribution in [0.3, 0.4) is 0 Å². The zero-order valence-corrected chi connectivity index (χ0v) is 12.6. The summed E-state index contributed by atoms with van der Waals surface area (Å²) in [6.07, 6.45) is 3.79. The van der Waals surface area contributed by atoms with Gasteiger partial charge in [0.25, 0.3) is 5.91 Å². The highest BCUT2D eigenvalue weighted by Crippen LogP contribution is 2.22. The highest BCUT2D eigenvalue weighted by Gasteiger charge is 2.20. The summed E-state index contributed by atoms with van der Waals surface area (Å²) in [4.78, 5) is 17.3. The molecule has 0 bridgehead atoms. The largest absolute Gasteiger partial charge is 0.394 e. The number of carbonyl (C=O) groups excluding carboxylic acids is 1. The van der Waals surface area contributed by atoms with E-state index in [2.05, 4.69) is 10.3 Å². The van der Waals surface area contributed by atoms with Crippen molar-refractivity contribution in [2.24, 2.45) is 5.92 Å². The van der Waals surface area contributed by atoms with Crippen molar-refractivity contribution in [3.05, 3.63) is 35.1 Å². The predicted octanol–water partition coefficient (Wildman–Crippen LogP) is 1.99. The number of aromatic nitrogens is 2. The topological polar surface area (TPSA) is 67.2 Å². The molecular weight excluding hydrogens is 274 g/mol. The number of aryl methyl sites for hydroxylation is 1. The summed E-state index contributed by atoms with van der Waals surface area (Å²) in [5.74, 6) is 0.00672. The van der Waals surface area contributed by atoms with Crippen molar-refractivity contribution >= 4 is 17.2 Å². The summed E-state index contributed by atoms with van der Waals surface area (Å²) in [7, 11) is 0. The SMILES string of the molecule is Cc1nc(-n2cccc2)sc1C(=O)N[C@@H](CO)C(C)C. The molecule has 2 N–H and O–H groups in total. The molecule has 0 aliphatic rings. The van der Waals surface area contributed by atoms with Gasteiger partial charge in [-0.1, -0.05) is 25.2 Å². The fourth-order valence-electron chi connectivity index (χ4n) is 1.82. The fourth-order valence-corrected chi connectivity index (χ4v) is 2.76. The number of aliphatic hydroxyl groups is 1. The van der Waals surface area contributed by atoms with Gasteiger partial charge in [-0.15, -0.1) is 0 Å². The number of aliphatic hydroxyl groups excluding tert-OH is 1. The predicted molar refractivity (Wildman–Crippen MR) is 79.4 cm³/mol. The smallest absolute Gasteiger partial charge is 0.263 e. The first-order chi connectivity index (χ1) is 9.52. The Labute approximate surface area is 122 Å². The Bertz CT molecular complexity index is 575. The Morgan fingerprint density at radius 1 is 1.45 bits per heavy atom. The van der Waals surface area contributed by atoms with Gasteiger partial charge in [0.2, 0.25) is 0 Å². The van der Waals surface area contributed by atoms with E-state index in [0.29, 0.717) is 10.6 Å². The van der Waals surface area contributed by atoms with Crippen LogP contribution in [-0.4, -0.2) is 33.2 Å². The Balaban J connectivity index is 2.18. The minimum absolute atomic E-state index is 0.0638. The summed E-state index contributed by atoms with van der Waals surface area (Å²) in [5, 5.41) is 12.9. The third-order valence-corrected chi connectivity index (χ3v) is 4.30. The maximum atomic E-state index is 12.3. The van der Waals surface area contributed by atoms with Gasteiger partial charge in [-0.05, 0) is 25.0 Å². The number of nitrogens with one attached hydrogen (secondary N) is 1. The highest BCUT2D eigenvalue weighted by atomic mass is 32.1. The van der Waals surface area contributed by atoms with Crippen LogP contribution in [0, 0.1) is 12.8 Å². The number of thiazole rings is 1. The van der Waals surface area contributed by atoms with E-state index in [4.69, 9.17) is 0 Å². The summed E-state index contributed by atoms with van der Waals surface area (Å²) < 4.78 is 1.88. The lowest BCUT2D eigenvalue weighted by atomic mass is 10.1. The van der Waals surface area contributed by atoms with E-state index in [9.17, 15) is 9.90 Å². The lowest BCUT2D eigenvalue weighted by Crippen LogP contribution is -2.41. The van der Waals surface area contributed by atoms with E-state index in [1.54, 1.807) is 0 Å². The maximum absolute atomic E-state index is 12.3. The molecule has 0 saturated carbocycles. The Hall–Kier alpha value is -1.66. The van der Waals surface area contributed by atoms with Gasteiger partial charge in [0.15, 0.2) is 5.13 Å². The van der Waals surface area contributed by atoms with Crippen LogP contribution in [0.1, 0.15) is 29.2 Å². The van der Waals surface area contributed by atoms with Crippen LogP contribution in [0.4, 0.5) is 0 Å². The molecule has 0 aliphatic heterocycles. The molecule has 1 atom stereocenters. The second kappa shape index (κ2) is 6.19. The molecule has 0 unspecified atom stereocenters. The monoisotopic (exact) mass is 293 g/mol. The Morgan fingerprint density at radius 3 is 2.65 bits per heavy atom. The molecule has 2 aromatic heterocycles. The lowest BCUT2D eigenvalue weighted by Gasteiger charge is -2.19. The highest BCUT2D eigenvalue weighted by molar-refractivity contribution is 7.16. The van der Waals surface area contributed by atoms with Gasteiger partial charge in [0.1, 0.15) is 4.88 Å². The number of nitrogens with zero attached hydrogens (tertiary/aromatic N) is 2. The van der Waals surface area contributed by atoms with Crippen LogP contribution in [-0.2, 0) is 0 Å². The molecule has 0 aliphatic carbocycles. The van der Waals surface area contributed by atoms with Crippen LogP contribution in [0.2, 0.25) is 0 Å². The number of carbonyl (C=O) groups is 1. The molecule has 108 valence electrons. The molecule has 1 amide bonds. The minimum Gasteiger partial charge on any atom is -0.394 e. The van der Waals surface area contributed by atoms with Crippen LogP contribution in [0.25, 0.3) is 5.13 Å². The fraction of sp³-hybridized carbons (Fsp3) is 0.429. The number of rotatable bonds is 5. The zero-order valence-electron chi connectivity index (χ0n) is 11.8. The van der Waals surface area contributed by atoms with Crippen LogP contribution in [0.15, 0.2) is 24.5 Å². The third kappa shape index (κ3) is 3.08. The molecular formula is C14H19N3O2S. The first kappa shape index (κ1) is 14.7. The van der Waals surface area contributed by atoms with Crippen molar-refractivity contribution in [2.75, 3.05) is 6.61 Å². The van der Waals surface area contributed by atoms with Crippen molar-refractivity contribution in [1.29, 1.82) is 0 Å². The normalized spacial score (nSPS) is 12.7. The van der Waals surface area contributed by atoms with E-state index in [-0.39, 0.29) is 24.5 Å². The van der Waals surface area contributed by atoms with Crippen molar-refractivity contribution in [2.45, 2.75) is 26.8 Å². The first-order valence-corrected chi connectivity index (χ1v) is 7.37. The van der Waals surface area contributed by atoms with Gasteiger partial charge in [0, 0.05) is 12.4 Å². The summed E-state index contributed by atoms with van der Waals surface area (Å²) in [6.45, 7) is 5.69. The number of hydrogen-bond acceptors (Lipinski definition) is 4. The minimum atomic E-state index is -0.237. The van der Waals surface area contributed by atoms with Crippen LogP contribution < -0.4 is 5.32 Å². The van der Waals surface area contributed by atoms with E-state index < -0.39 is 0 Å². The van der Waals surface area contributed by atoms with Gasteiger partial charge in [0.05, 0.1) is 18.3 Å². The number of hydrogen-bond donors (Lipinski definition) is 2. The van der Waals surface area contributed by atoms with Gasteiger partial charge in [-0.25, -0.2) is 4.98 Å². The summed E-state index contributed by atoms with van der Waals surface area (Å²) >= 11 is 1.35. The summed E-state index contributed by atoms with van der Waals surface area (Å²) in [5.41, 5.74) is 0.705. The van der Waals surface area contributed by atoms with Crippen LogP contribution >= 0.6 is 11.3 Å². The van der Waals surface area contributed by atoms with Gasteiger partial charge in [-0.3, -0.25) is 4.79 Å². The lowest BCUT2D eigenvalue weighted by molar-refractivity contribution is 0.0900. The van der Waals surface area contributed by atoms with E-state index in [1.807, 2.05) is 49.9 Å². The van der Waals surface area contributed by atoms with Crippen molar-refractivity contribution in [3.8, 4) is 5.13 Å². The molecule has 0 saturated heterocycles. The molecule has 0 radical (unpaired) electrons. The van der Waals surface area contributed by atoms with Gasteiger partial charge < -0.3 is 15.0 Å². The Morgan fingerprint density at radius 2 is 2.10 bits per heavy atom. The zero-order chi connectivity index (χ0) is 14.7. The molecule has 2 rings (SSSR count). The third-order valence-electron chi connectivity index (χ3n) is 3.13. The summed E-state index contributed by atoms with van der Waals surface area (Å²) in [6, 6.07) is 3.59. The molecule has 2 aromatic rings. The molecule has 20 heavy (non-hydrogen) atoms. The van der Waals surface area contributed by atoms with Crippen molar-refractivity contribution in [3.63, 3.8) is 0 Å². The molecule has 6 heteroatoms. The standard InChI is InChI=1S/C14H19N3O2S/c1-9(2)11(8-18)16-13(19)12-10(3)15-14(20-12)17-6-4-5-7-17/h4-7,9,11,18H,8H2,1-3H3,(H,16,19)/t11-/m0/s1. The molecule has 5 nitrogen and oxygen atoms in total. The first-order valence-electron chi connectivity index (χ1n) is 6.55. The van der Waals surface area contributed by atoms with Crippen molar-refractivity contribution < 1.29 is 9.90 Å². The second-order valence-corrected chi connectivity index (χ2v) is 5.99. The van der Waals surface area contributed by atoms with Gasteiger partial charge in [-0.2, -0.15) is 0 Å². The maximum Gasteiger partial charge on any atom is 0.263 e. The van der Waals surface area contributed by atoms with E-state index >= 15 is 0 Å². The van der Waals surface area contributed by atoms with Crippen LogP contribution in [0.5, 0.6) is 0 Å².